The van der Waals surface area contributed by atoms with Crippen molar-refractivity contribution in [1.29, 1.82) is 0 Å². The molecular weight excluding hydrogens is 394 g/mol. The van der Waals surface area contributed by atoms with Crippen LogP contribution in [0.15, 0.2) is 66.9 Å². The van der Waals surface area contributed by atoms with E-state index in [-0.39, 0.29) is 6.61 Å². The summed E-state index contributed by atoms with van der Waals surface area (Å²) in [6.45, 7) is 0.214. The van der Waals surface area contributed by atoms with Gasteiger partial charge in [-0.1, -0.05) is 0 Å². The topological polar surface area (TPSA) is 83.7 Å². The van der Waals surface area contributed by atoms with Gasteiger partial charge in [-0.05, 0) is 54.6 Å². The fourth-order valence-electron chi connectivity index (χ4n) is 3.34. The molecule has 0 fully saturated rings. The molecule has 0 saturated heterocycles. The number of fused-ring (bicyclic) bond motifs is 2. The Morgan fingerprint density at radius 3 is 2.45 bits per heavy atom. The SMILES string of the molecule is COc1ccc(-c2ccc3nnc(COc4ccnc5cc(OC)ccc45)n3n2)cc1. The molecule has 0 N–H and O–H groups in total. The van der Waals surface area contributed by atoms with E-state index in [4.69, 9.17) is 19.3 Å². The molecule has 0 spiro atoms. The van der Waals surface area contributed by atoms with Crippen LogP contribution in [0.3, 0.4) is 0 Å². The number of ether oxygens (including phenoxy) is 3. The van der Waals surface area contributed by atoms with Gasteiger partial charge in [0.15, 0.2) is 11.5 Å². The Balaban J connectivity index is 1.44. The second-order valence-corrected chi connectivity index (χ2v) is 6.81. The number of methoxy groups -OCH3 is 2. The van der Waals surface area contributed by atoms with Crippen LogP contribution in [0.1, 0.15) is 5.82 Å². The van der Waals surface area contributed by atoms with Crippen molar-refractivity contribution in [1.82, 2.24) is 24.8 Å². The zero-order chi connectivity index (χ0) is 21.2. The molecule has 0 saturated carbocycles. The first-order valence-corrected chi connectivity index (χ1v) is 9.66. The van der Waals surface area contributed by atoms with E-state index >= 15 is 0 Å². The number of rotatable bonds is 6. The molecule has 8 nitrogen and oxygen atoms in total. The Morgan fingerprint density at radius 1 is 0.839 bits per heavy atom. The van der Waals surface area contributed by atoms with E-state index < -0.39 is 0 Å². The van der Waals surface area contributed by atoms with E-state index in [2.05, 4.69) is 15.2 Å². The minimum Gasteiger partial charge on any atom is -0.497 e. The number of nitrogens with zero attached hydrogens (tertiary/aromatic N) is 5. The number of hydrogen-bond acceptors (Lipinski definition) is 7. The molecule has 154 valence electrons. The summed E-state index contributed by atoms with van der Waals surface area (Å²) in [5, 5.41) is 14.0. The number of benzene rings is 2. The van der Waals surface area contributed by atoms with E-state index in [1.54, 1.807) is 24.9 Å². The van der Waals surface area contributed by atoms with Crippen LogP contribution >= 0.6 is 0 Å². The second-order valence-electron chi connectivity index (χ2n) is 6.81. The van der Waals surface area contributed by atoms with Crippen molar-refractivity contribution in [3.63, 3.8) is 0 Å². The average Bonchev–Trinajstić information content (AvgIpc) is 3.24. The summed E-state index contributed by atoms with van der Waals surface area (Å²) < 4.78 is 18.3. The minimum absolute atomic E-state index is 0.214. The molecule has 5 rings (SSSR count). The van der Waals surface area contributed by atoms with Gasteiger partial charge in [-0.3, -0.25) is 4.98 Å². The third kappa shape index (κ3) is 3.59. The van der Waals surface area contributed by atoms with Gasteiger partial charge in [-0.2, -0.15) is 9.61 Å². The van der Waals surface area contributed by atoms with Crippen molar-refractivity contribution >= 4 is 16.6 Å². The molecule has 0 bridgehead atoms. The molecule has 3 heterocycles. The first-order valence-electron chi connectivity index (χ1n) is 9.66. The van der Waals surface area contributed by atoms with Gasteiger partial charge in [0.25, 0.3) is 0 Å². The van der Waals surface area contributed by atoms with Crippen LogP contribution in [0, 0.1) is 0 Å². The molecule has 0 aliphatic rings. The van der Waals surface area contributed by atoms with Crippen molar-refractivity contribution < 1.29 is 14.2 Å². The molecule has 0 radical (unpaired) electrons. The summed E-state index contributed by atoms with van der Waals surface area (Å²) in [4.78, 5) is 4.39. The first kappa shape index (κ1) is 18.8. The van der Waals surface area contributed by atoms with Crippen LogP contribution in [0.25, 0.3) is 27.8 Å². The smallest absolute Gasteiger partial charge is 0.192 e. The lowest BCUT2D eigenvalue weighted by Crippen LogP contribution is -2.05. The Bertz CT molecular complexity index is 1370. The zero-order valence-corrected chi connectivity index (χ0v) is 17.0. The Kier molecular flexibility index (Phi) is 4.80. The largest absolute Gasteiger partial charge is 0.497 e. The molecule has 0 aliphatic carbocycles. The second kappa shape index (κ2) is 7.91. The summed E-state index contributed by atoms with van der Waals surface area (Å²) >= 11 is 0. The highest BCUT2D eigenvalue weighted by Crippen LogP contribution is 2.28. The van der Waals surface area contributed by atoms with Gasteiger partial charge in [0.05, 0.1) is 25.4 Å². The fourth-order valence-corrected chi connectivity index (χ4v) is 3.34. The summed E-state index contributed by atoms with van der Waals surface area (Å²) in [5.41, 5.74) is 3.22. The Hall–Kier alpha value is -4.20. The molecule has 5 aromatic rings. The molecule has 0 aliphatic heterocycles. The highest BCUT2D eigenvalue weighted by atomic mass is 16.5. The molecule has 0 amide bonds. The maximum Gasteiger partial charge on any atom is 0.192 e. The van der Waals surface area contributed by atoms with Crippen LogP contribution < -0.4 is 14.2 Å². The standard InChI is InChI=1S/C23H19N5O3/c1-29-16-5-3-15(4-6-16)19-9-10-22-25-26-23(28(22)27-19)14-31-21-11-12-24-20-13-17(30-2)7-8-18(20)21/h3-13H,14H2,1-2H3. The lowest BCUT2D eigenvalue weighted by atomic mass is 10.1. The molecule has 8 heteroatoms. The molecule has 0 unspecified atom stereocenters. The normalized spacial score (nSPS) is 11.0. The molecule has 31 heavy (non-hydrogen) atoms. The number of hydrogen-bond donors (Lipinski definition) is 0. The van der Waals surface area contributed by atoms with Crippen LogP contribution in [-0.4, -0.2) is 39.0 Å². The average molecular weight is 413 g/mol. The van der Waals surface area contributed by atoms with Gasteiger partial charge in [-0.15, -0.1) is 10.2 Å². The van der Waals surface area contributed by atoms with Crippen molar-refractivity contribution in [3.05, 3.63) is 72.7 Å². The van der Waals surface area contributed by atoms with Crippen molar-refractivity contribution in [2.24, 2.45) is 0 Å². The monoisotopic (exact) mass is 413 g/mol. The van der Waals surface area contributed by atoms with Gasteiger partial charge in [-0.25, -0.2) is 0 Å². The van der Waals surface area contributed by atoms with Crippen LogP contribution in [0.5, 0.6) is 17.2 Å². The van der Waals surface area contributed by atoms with E-state index in [9.17, 15) is 0 Å². The Morgan fingerprint density at radius 2 is 1.65 bits per heavy atom. The van der Waals surface area contributed by atoms with E-state index in [0.717, 1.165) is 33.7 Å². The van der Waals surface area contributed by atoms with Crippen LogP contribution in [0.2, 0.25) is 0 Å². The maximum atomic E-state index is 6.06. The lowest BCUT2D eigenvalue weighted by Gasteiger charge is -2.09. The molecule has 3 aromatic heterocycles. The predicted molar refractivity (Wildman–Crippen MR) is 115 cm³/mol. The highest BCUT2D eigenvalue weighted by Gasteiger charge is 2.11. The van der Waals surface area contributed by atoms with Crippen LogP contribution in [0.4, 0.5) is 0 Å². The molecule has 0 atom stereocenters. The van der Waals surface area contributed by atoms with Crippen molar-refractivity contribution in [2.45, 2.75) is 6.61 Å². The first-order chi connectivity index (χ1) is 15.2. The third-order valence-electron chi connectivity index (χ3n) is 4.98. The van der Waals surface area contributed by atoms with Gasteiger partial charge < -0.3 is 14.2 Å². The summed E-state index contributed by atoms with van der Waals surface area (Å²) in [5.74, 6) is 2.85. The van der Waals surface area contributed by atoms with Gasteiger partial charge >= 0.3 is 0 Å². The zero-order valence-electron chi connectivity index (χ0n) is 17.0. The number of pyridine rings is 1. The highest BCUT2D eigenvalue weighted by molar-refractivity contribution is 5.85. The summed E-state index contributed by atoms with van der Waals surface area (Å²) in [6.07, 6.45) is 1.71. The third-order valence-corrected chi connectivity index (χ3v) is 4.98. The molecular formula is C23H19N5O3. The van der Waals surface area contributed by atoms with Crippen molar-refractivity contribution in [3.8, 4) is 28.5 Å². The Labute approximate surface area is 178 Å². The molecule has 2 aromatic carbocycles. The number of aromatic nitrogens is 5. The maximum absolute atomic E-state index is 6.06. The summed E-state index contributed by atoms with van der Waals surface area (Å²) in [7, 11) is 3.27. The van der Waals surface area contributed by atoms with Gasteiger partial charge in [0.2, 0.25) is 0 Å². The van der Waals surface area contributed by atoms with Crippen molar-refractivity contribution in [2.75, 3.05) is 14.2 Å². The van der Waals surface area contributed by atoms with E-state index in [0.29, 0.717) is 17.2 Å². The quantitative estimate of drug-likeness (QED) is 0.417. The van der Waals surface area contributed by atoms with Crippen LogP contribution in [-0.2, 0) is 6.61 Å². The predicted octanol–water partition coefficient (Wildman–Crippen LogP) is 3.94. The minimum atomic E-state index is 0.214. The van der Waals surface area contributed by atoms with E-state index in [1.807, 2.05) is 60.7 Å². The fraction of sp³-hybridized carbons (Fsp3) is 0.130. The summed E-state index contributed by atoms with van der Waals surface area (Å²) in [6, 6.07) is 19.0. The van der Waals surface area contributed by atoms with Gasteiger partial charge in [0, 0.05) is 23.2 Å². The lowest BCUT2D eigenvalue weighted by molar-refractivity contribution is 0.296. The van der Waals surface area contributed by atoms with E-state index in [1.165, 1.54) is 0 Å². The van der Waals surface area contributed by atoms with Gasteiger partial charge in [0.1, 0.15) is 23.9 Å².